The van der Waals surface area contributed by atoms with Gasteiger partial charge in [-0.05, 0) is 31.5 Å². The van der Waals surface area contributed by atoms with Crippen LogP contribution in [-0.4, -0.2) is 34.1 Å². The Balaban J connectivity index is 1.55. The Morgan fingerprint density at radius 2 is 1.74 bits per heavy atom. The lowest BCUT2D eigenvalue weighted by Crippen LogP contribution is -2.31. The number of benzene rings is 2. The van der Waals surface area contributed by atoms with Crippen LogP contribution in [0.2, 0.25) is 0 Å². The molecule has 0 fully saturated rings. The van der Waals surface area contributed by atoms with E-state index in [2.05, 4.69) is 5.32 Å². The smallest absolute Gasteiger partial charge is 0.274 e. The number of nitrogens with one attached hydrogen (secondary N) is 1. The fourth-order valence-corrected chi connectivity index (χ4v) is 2.95. The van der Waals surface area contributed by atoms with Crippen molar-refractivity contribution < 1.29 is 19.3 Å². The van der Waals surface area contributed by atoms with Gasteiger partial charge in [0.25, 0.3) is 17.5 Å². The molecule has 0 aliphatic carbocycles. The maximum Gasteiger partial charge on any atom is 0.274 e. The first-order valence-corrected chi connectivity index (χ1v) is 8.38. The number of carbonyl (C=O) groups is 3. The van der Waals surface area contributed by atoms with Crippen molar-refractivity contribution in [3.63, 3.8) is 0 Å². The van der Waals surface area contributed by atoms with Gasteiger partial charge in [0.15, 0.2) is 0 Å². The molecule has 1 N–H and O–H groups in total. The number of imide groups is 1. The summed E-state index contributed by atoms with van der Waals surface area (Å²) in [5, 5.41) is 13.6. The Morgan fingerprint density at radius 3 is 2.33 bits per heavy atom. The lowest BCUT2D eigenvalue weighted by Gasteiger charge is -2.13. The molecule has 8 nitrogen and oxygen atoms in total. The number of carbonyl (C=O) groups excluding carboxylic acids is 3. The molecule has 0 aromatic heterocycles. The highest BCUT2D eigenvalue weighted by Gasteiger charge is 2.34. The molecule has 0 saturated carbocycles. The van der Waals surface area contributed by atoms with Crippen LogP contribution in [0.4, 0.5) is 11.4 Å². The van der Waals surface area contributed by atoms with E-state index in [-0.39, 0.29) is 36.4 Å². The first kappa shape index (κ1) is 18.2. The molecule has 8 heteroatoms. The van der Waals surface area contributed by atoms with Crippen molar-refractivity contribution in [1.82, 2.24) is 4.90 Å². The molecule has 2 aromatic carbocycles. The summed E-state index contributed by atoms with van der Waals surface area (Å²) in [6, 6.07) is 11.1. The average molecular weight is 367 g/mol. The molecule has 1 aliphatic heterocycles. The van der Waals surface area contributed by atoms with E-state index in [9.17, 15) is 24.5 Å². The molecule has 1 aliphatic rings. The van der Waals surface area contributed by atoms with Crippen LogP contribution in [0.25, 0.3) is 0 Å². The largest absolute Gasteiger partial charge is 0.326 e. The Bertz CT molecular complexity index is 919. The van der Waals surface area contributed by atoms with Crippen LogP contribution in [0, 0.1) is 17.0 Å². The molecule has 0 unspecified atom stereocenters. The van der Waals surface area contributed by atoms with E-state index in [4.69, 9.17) is 0 Å². The predicted molar refractivity (Wildman–Crippen MR) is 97.5 cm³/mol. The van der Waals surface area contributed by atoms with Gasteiger partial charge in [0.05, 0.1) is 16.1 Å². The van der Waals surface area contributed by atoms with Crippen LogP contribution >= 0.6 is 0 Å². The number of hydrogen-bond acceptors (Lipinski definition) is 5. The molecule has 1 heterocycles. The van der Waals surface area contributed by atoms with E-state index in [1.807, 2.05) is 0 Å². The van der Waals surface area contributed by atoms with Crippen LogP contribution in [0.3, 0.4) is 0 Å². The zero-order chi connectivity index (χ0) is 19.6. The summed E-state index contributed by atoms with van der Waals surface area (Å²) in [7, 11) is 0. The van der Waals surface area contributed by atoms with Crippen molar-refractivity contribution in [2.75, 3.05) is 11.9 Å². The molecule has 138 valence electrons. The van der Waals surface area contributed by atoms with Crippen molar-refractivity contribution in [2.24, 2.45) is 0 Å². The second-order valence-electron chi connectivity index (χ2n) is 6.22. The van der Waals surface area contributed by atoms with Crippen LogP contribution in [0.5, 0.6) is 0 Å². The zero-order valence-electron chi connectivity index (χ0n) is 14.6. The van der Waals surface area contributed by atoms with E-state index in [1.165, 1.54) is 6.07 Å². The SMILES string of the molecule is Cc1ccc(NC(=O)CCCN2C(=O)c3ccccc3C2=O)cc1[N+](=O)[O-]. The van der Waals surface area contributed by atoms with Crippen molar-refractivity contribution >= 4 is 29.1 Å². The molecular weight excluding hydrogens is 350 g/mol. The molecule has 2 aromatic rings. The molecule has 0 atom stereocenters. The van der Waals surface area contributed by atoms with E-state index >= 15 is 0 Å². The van der Waals surface area contributed by atoms with Gasteiger partial charge in [-0.2, -0.15) is 0 Å². The number of aryl methyl sites for hydroxylation is 1. The Labute approximate surface area is 154 Å². The minimum atomic E-state index is -0.507. The highest BCUT2D eigenvalue weighted by Crippen LogP contribution is 2.24. The first-order valence-electron chi connectivity index (χ1n) is 8.38. The van der Waals surface area contributed by atoms with Gasteiger partial charge in [0.1, 0.15) is 0 Å². The number of anilines is 1. The van der Waals surface area contributed by atoms with E-state index in [0.717, 1.165) is 4.90 Å². The van der Waals surface area contributed by atoms with Crippen LogP contribution in [0.15, 0.2) is 42.5 Å². The molecule has 0 radical (unpaired) electrons. The van der Waals surface area contributed by atoms with Gasteiger partial charge in [0, 0.05) is 30.3 Å². The summed E-state index contributed by atoms with van der Waals surface area (Å²) in [4.78, 5) is 48.1. The second-order valence-corrected chi connectivity index (χ2v) is 6.22. The monoisotopic (exact) mass is 367 g/mol. The lowest BCUT2D eigenvalue weighted by molar-refractivity contribution is -0.385. The van der Waals surface area contributed by atoms with Crippen LogP contribution in [-0.2, 0) is 4.79 Å². The van der Waals surface area contributed by atoms with Gasteiger partial charge < -0.3 is 5.32 Å². The molecule has 27 heavy (non-hydrogen) atoms. The van der Waals surface area contributed by atoms with E-state index in [1.54, 1.807) is 43.3 Å². The van der Waals surface area contributed by atoms with Crippen molar-refractivity contribution in [1.29, 1.82) is 0 Å². The molecule has 3 amide bonds. The first-order chi connectivity index (χ1) is 12.9. The van der Waals surface area contributed by atoms with Gasteiger partial charge in [-0.15, -0.1) is 0 Å². The fourth-order valence-electron chi connectivity index (χ4n) is 2.95. The lowest BCUT2D eigenvalue weighted by atomic mass is 10.1. The summed E-state index contributed by atoms with van der Waals surface area (Å²) in [6.45, 7) is 1.75. The summed E-state index contributed by atoms with van der Waals surface area (Å²) >= 11 is 0. The number of nitro groups is 1. The van der Waals surface area contributed by atoms with Crippen molar-refractivity contribution in [3.05, 3.63) is 69.3 Å². The maximum absolute atomic E-state index is 12.2. The van der Waals surface area contributed by atoms with Gasteiger partial charge in [0.2, 0.25) is 5.91 Å². The quantitative estimate of drug-likeness (QED) is 0.479. The van der Waals surface area contributed by atoms with Crippen LogP contribution in [0.1, 0.15) is 39.1 Å². The number of hydrogen-bond donors (Lipinski definition) is 1. The molecular formula is C19H17N3O5. The van der Waals surface area contributed by atoms with Crippen LogP contribution < -0.4 is 5.32 Å². The van der Waals surface area contributed by atoms with Gasteiger partial charge in [-0.1, -0.05) is 18.2 Å². The summed E-state index contributed by atoms with van der Waals surface area (Å²) < 4.78 is 0. The van der Waals surface area contributed by atoms with Crippen molar-refractivity contribution in [3.8, 4) is 0 Å². The minimum Gasteiger partial charge on any atom is -0.326 e. The van der Waals surface area contributed by atoms with E-state index < -0.39 is 4.92 Å². The minimum absolute atomic E-state index is 0.0705. The summed E-state index contributed by atoms with van der Waals surface area (Å²) in [5.74, 6) is -1.06. The third kappa shape index (κ3) is 3.69. The normalized spacial score (nSPS) is 12.9. The topological polar surface area (TPSA) is 110 Å². The molecule has 0 spiro atoms. The summed E-state index contributed by atoms with van der Waals surface area (Å²) in [6.07, 6.45) is 0.375. The third-order valence-electron chi connectivity index (χ3n) is 4.35. The third-order valence-corrected chi connectivity index (χ3v) is 4.35. The average Bonchev–Trinajstić information content (AvgIpc) is 2.88. The zero-order valence-corrected chi connectivity index (χ0v) is 14.6. The van der Waals surface area contributed by atoms with Gasteiger partial charge in [-0.3, -0.25) is 29.4 Å². The number of amides is 3. The number of rotatable bonds is 6. The maximum atomic E-state index is 12.2. The molecule has 3 rings (SSSR count). The highest BCUT2D eigenvalue weighted by atomic mass is 16.6. The fraction of sp³-hybridized carbons (Fsp3) is 0.211. The molecule has 0 saturated heterocycles. The summed E-state index contributed by atoms with van der Waals surface area (Å²) in [5.41, 5.74) is 1.51. The van der Waals surface area contributed by atoms with Gasteiger partial charge in [-0.25, -0.2) is 0 Å². The number of nitro benzene ring substituents is 1. The Hall–Kier alpha value is -3.55. The number of fused-ring (bicyclic) bond motifs is 1. The van der Waals surface area contributed by atoms with Crippen molar-refractivity contribution in [2.45, 2.75) is 19.8 Å². The highest BCUT2D eigenvalue weighted by molar-refractivity contribution is 6.21. The number of nitrogens with zero attached hydrogens (tertiary/aromatic N) is 2. The van der Waals surface area contributed by atoms with E-state index in [0.29, 0.717) is 28.8 Å². The standard InChI is InChI=1S/C19H17N3O5/c1-12-8-9-13(11-16(12)22(26)27)20-17(23)7-4-10-21-18(24)14-5-2-3-6-15(14)19(21)25/h2-3,5-6,8-9,11H,4,7,10H2,1H3,(H,20,23). The van der Waals surface area contributed by atoms with Gasteiger partial charge >= 0.3 is 0 Å². The Kier molecular flexibility index (Phi) is 4.98. The Morgan fingerprint density at radius 1 is 1.11 bits per heavy atom. The molecule has 0 bridgehead atoms. The predicted octanol–water partition coefficient (Wildman–Crippen LogP) is 2.92. The second kappa shape index (κ2) is 7.36.